The first-order valence-electron chi connectivity index (χ1n) is 10.9. The number of nitrogens with zero attached hydrogens (tertiary/aromatic N) is 4. The van der Waals surface area contributed by atoms with Crippen LogP contribution in [0.25, 0.3) is 27.7 Å². The summed E-state index contributed by atoms with van der Waals surface area (Å²) in [5.74, 6) is 0.168. The van der Waals surface area contributed by atoms with Crippen molar-refractivity contribution in [2.24, 2.45) is 5.10 Å². The van der Waals surface area contributed by atoms with Crippen LogP contribution in [0.5, 0.6) is 5.75 Å². The Bertz CT molecular complexity index is 1510. The summed E-state index contributed by atoms with van der Waals surface area (Å²) in [5.41, 5.74) is 6.52. The number of nitrogens with one attached hydrogen (secondary N) is 1. The van der Waals surface area contributed by atoms with Crippen molar-refractivity contribution in [2.75, 3.05) is 6.61 Å². The van der Waals surface area contributed by atoms with Crippen LogP contribution in [-0.4, -0.2) is 33.5 Å². The third-order valence-corrected chi connectivity index (χ3v) is 5.56. The molecule has 2 heterocycles. The number of ether oxygens (including phenoxy) is 1. The van der Waals surface area contributed by atoms with Gasteiger partial charge in [-0.2, -0.15) is 10.2 Å². The lowest BCUT2D eigenvalue weighted by Crippen LogP contribution is -2.24. The van der Waals surface area contributed by atoms with Gasteiger partial charge in [-0.15, -0.1) is 0 Å². The zero-order valence-corrected chi connectivity index (χ0v) is 19.3. The number of hydrogen-bond donors (Lipinski definition) is 1. The lowest BCUT2D eigenvalue weighted by molar-refractivity contribution is -0.123. The fourth-order valence-corrected chi connectivity index (χ4v) is 3.76. The number of rotatable bonds is 7. The average molecular weight is 482 g/mol. The van der Waals surface area contributed by atoms with Crippen molar-refractivity contribution in [1.29, 1.82) is 0 Å². The van der Waals surface area contributed by atoms with Gasteiger partial charge in [0.05, 0.1) is 23.6 Å². The van der Waals surface area contributed by atoms with Crippen LogP contribution in [0.3, 0.4) is 0 Å². The third-order valence-electron chi connectivity index (χ3n) is 5.26. The Balaban J connectivity index is 1.23. The molecule has 7 nitrogen and oxygen atoms in total. The zero-order chi connectivity index (χ0) is 24.0. The Morgan fingerprint density at radius 1 is 1.03 bits per heavy atom. The number of hydrazone groups is 1. The van der Waals surface area contributed by atoms with Crippen molar-refractivity contribution in [3.05, 3.63) is 108 Å². The number of carbonyl (C=O) groups is 1. The van der Waals surface area contributed by atoms with E-state index in [0.717, 1.165) is 27.7 Å². The van der Waals surface area contributed by atoms with Gasteiger partial charge in [0.2, 0.25) is 0 Å². The highest BCUT2D eigenvalue weighted by atomic mass is 35.5. The number of hydrogen-bond acceptors (Lipinski definition) is 5. The first kappa shape index (κ1) is 22.3. The summed E-state index contributed by atoms with van der Waals surface area (Å²) < 4.78 is 7.58. The lowest BCUT2D eigenvalue weighted by atomic mass is 10.1. The minimum atomic E-state index is -0.402. The van der Waals surface area contributed by atoms with Crippen LogP contribution in [0.4, 0.5) is 0 Å². The molecule has 5 rings (SSSR count). The molecule has 0 unspecified atom stereocenters. The van der Waals surface area contributed by atoms with E-state index in [-0.39, 0.29) is 6.61 Å². The van der Waals surface area contributed by atoms with Crippen molar-refractivity contribution in [2.45, 2.75) is 0 Å². The van der Waals surface area contributed by atoms with Crippen molar-refractivity contribution >= 4 is 34.6 Å². The van der Waals surface area contributed by atoms with Gasteiger partial charge >= 0.3 is 0 Å². The van der Waals surface area contributed by atoms with Gasteiger partial charge in [0.25, 0.3) is 5.91 Å². The molecule has 0 spiro atoms. The van der Waals surface area contributed by atoms with Gasteiger partial charge in [-0.1, -0.05) is 66.2 Å². The standard InChI is InChI=1S/C27H20ClN5O2/c28-27-20(14-19-8-4-6-12-24(19)31-27)15-29-32-26(34)18-35-25-13-7-5-11-23(25)21-16-30-33(17-21)22-9-2-1-3-10-22/h1-17H,18H2,(H,32,34)/b29-15-. The average Bonchev–Trinajstić information content (AvgIpc) is 3.39. The fourth-order valence-electron chi connectivity index (χ4n) is 3.56. The summed E-state index contributed by atoms with van der Waals surface area (Å²) in [6.07, 6.45) is 5.15. The van der Waals surface area contributed by atoms with Crippen LogP contribution in [0.2, 0.25) is 5.15 Å². The van der Waals surface area contributed by atoms with Crippen molar-refractivity contribution in [3.8, 4) is 22.6 Å². The van der Waals surface area contributed by atoms with E-state index in [2.05, 4.69) is 20.6 Å². The van der Waals surface area contributed by atoms with Gasteiger partial charge in [0.1, 0.15) is 10.9 Å². The summed E-state index contributed by atoms with van der Waals surface area (Å²) in [5, 5.41) is 9.68. The van der Waals surface area contributed by atoms with Crippen LogP contribution >= 0.6 is 11.6 Å². The molecule has 0 atom stereocenters. The van der Waals surface area contributed by atoms with Gasteiger partial charge in [-0.05, 0) is 30.3 Å². The molecule has 172 valence electrons. The largest absolute Gasteiger partial charge is 0.483 e. The molecule has 0 saturated heterocycles. The van der Waals surface area contributed by atoms with Crippen LogP contribution in [0.15, 0.2) is 102 Å². The molecule has 1 amide bonds. The molecule has 3 aromatic carbocycles. The molecule has 0 bridgehead atoms. The molecule has 8 heteroatoms. The first-order valence-corrected chi connectivity index (χ1v) is 11.2. The summed E-state index contributed by atoms with van der Waals surface area (Å²) >= 11 is 6.23. The summed E-state index contributed by atoms with van der Waals surface area (Å²) in [6.45, 7) is -0.203. The maximum absolute atomic E-state index is 12.3. The molecule has 0 saturated carbocycles. The van der Waals surface area contributed by atoms with Gasteiger partial charge < -0.3 is 4.74 Å². The smallest absolute Gasteiger partial charge is 0.277 e. The topological polar surface area (TPSA) is 81.4 Å². The number of halogens is 1. The fraction of sp³-hybridized carbons (Fsp3) is 0.0370. The maximum atomic E-state index is 12.3. The van der Waals surface area contributed by atoms with Crippen LogP contribution in [0.1, 0.15) is 5.56 Å². The Labute approximate surface area is 206 Å². The Morgan fingerprint density at radius 2 is 1.80 bits per heavy atom. The summed E-state index contributed by atoms with van der Waals surface area (Å²) in [4.78, 5) is 16.7. The Kier molecular flexibility index (Phi) is 6.50. The maximum Gasteiger partial charge on any atom is 0.277 e. The monoisotopic (exact) mass is 481 g/mol. The van der Waals surface area contributed by atoms with Crippen molar-refractivity contribution in [1.82, 2.24) is 20.2 Å². The van der Waals surface area contributed by atoms with E-state index in [9.17, 15) is 4.79 Å². The lowest BCUT2D eigenvalue weighted by Gasteiger charge is -2.09. The molecule has 35 heavy (non-hydrogen) atoms. The molecular formula is C27H20ClN5O2. The van der Waals surface area contributed by atoms with E-state index in [0.29, 0.717) is 16.5 Å². The SMILES string of the molecule is O=C(COc1ccccc1-c1cnn(-c2ccccc2)c1)N/N=C\c1cc2ccccc2nc1Cl. The molecule has 0 radical (unpaired) electrons. The van der Waals surface area contributed by atoms with Crippen LogP contribution < -0.4 is 10.2 Å². The molecule has 2 aromatic heterocycles. The predicted octanol–water partition coefficient (Wildman–Crippen LogP) is 5.27. The number of carbonyl (C=O) groups excluding carboxylic acids is 1. The van der Waals surface area contributed by atoms with Gasteiger partial charge in [-0.25, -0.2) is 15.1 Å². The highest BCUT2D eigenvalue weighted by molar-refractivity contribution is 6.32. The minimum absolute atomic E-state index is 0.203. The van der Waals surface area contributed by atoms with Gasteiger partial charge in [-0.3, -0.25) is 4.79 Å². The van der Waals surface area contributed by atoms with Gasteiger partial charge in [0, 0.05) is 28.3 Å². The van der Waals surface area contributed by atoms with Gasteiger partial charge in [0.15, 0.2) is 6.61 Å². The minimum Gasteiger partial charge on any atom is -0.483 e. The van der Waals surface area contributed by atoms with E-state index in [1.165, 1.54) is 6.21 Å². The molecular weight excluding hydrogens is 462 g/mol. The number of benzene rings is 3. The first-order chi connectivity index (χ1) is 17.2. The Hall–Kier alpha value is -4.49. The highest BCUT2D eigenvalue weighted by Crippen LogP contribution is 2.30. The molecule has 0 aliphatic rings. The summed E-state index contributed by atoms with van der Waals surface area (Å²) in [6, 6.07) is 26.8. The number of pyridine rings is 1. The zero-order valence-electron chi connectivity index (χ0n) is 18.5. The quantitative estimate of drug-likeness (QED) is 0.195. The number of para-hydroxylation sites is 3. The molecule has 0 fully saturated rings. The van der Waals surface area contributed by atoms with E-state index in [4.69, 9.17) is 16.3 Å². The molecule has 1 N–H and O–H groups in total. The van der Waals surface area contributed by atoms with E-state index in [1.807, 2.05) is 91.1 Å². The number of fused-ring (bicyclic) bond motifs is 1. The number of amides is 1. The Morgan fingerprint density at radius 3 is 2.69 bits per heavy atom. The highest BCUT2D eigenvalue weighted by Gasteiger charge is 2.11. The predicted molar refractivity (Wildman–Crippen MR) is 137 cm³/mol. The normalized spacial score (nSPS) is 11.1. The summed E-state index contributed by atoms with van der Waals surface area (Å²) in [7, 11) is 0. The van der Waals surface area contributed by atoms with E-state index >= 15 is 0 Å². The molecule has 0 aliphatic carbocycles. The second-order valence-corrected chi connectivity index (χ2v) is 8.01. The van der Waals surface area contributed by atoms with Crippen LogP contribution in [0, 0.1) is 0 Å². The third kappa shape index (κ3) is 5.20. The van der Waals surface area contributed by atoms with E-state index < -0.39 is 5.91 Å². The van der Waals surface area contributed by atoms with Crippen LogP contribution in [-0.2, 0) is 4.79 Å². The second-order valence-electron chi connectivity index (χ2n) is 7.65. The van der Waals surface area contributed by atoms with Crippen molar-refractivity contribution in [3.63, 3.8) is 0 Å². The van der Waals surface area contributed by atoms with E-state index in [1.54, 1.807) is 10.9 Å². The molecule has 0 aliphatic heterocycles. The second kappa shape index (κ2) is 10.2. The van der Waals surface area contributed by atoms with Crippen molar-refractivity contribution < 1.29 is 9.53 Å². The number of aromatic nitrogens is 3. The molecule has 5 aromatic rings.